The fraction of sp³-hybridized carbons (Fsp3) is 0.429. The monoisotopic (exact) mass is 246 g/mol. The number of rotatable bonds is 2. The number of likely N-dealkylation sites (tertiary alicyclic amines) is 1. The van der Waals surface area contributed by atoms with Crippen LogP contribution in [0.25, 0.3) is 0 Å². The number of hydrogen-bond acceptors (Lipinski definition) is 3. The number of hydrogen-bond donors (Lipinski definition) is 0. The zero-order chi connectivity index (χ0) is 13.1. The van der Waals surface area contributed by atoms with Crippen molar-refractivity contribution in [2.24, 2.45) is 5.92 Å². The van der Waals surface area contributed by atoms with Crippen molar-refractivity contribution < 1.29 is 9.18 Å². The maximum Gasteiger partial charge on any atom is 0.138 e. The molecule has 1 aliphatic rings. The van der Waals surface area contributed by atoms with E-state index in [0.717, 1.165) is 5.56 Å². The summed E-state index contributed by atoms with van der Waals surface area (Å²) in [6.07, 6.45) is 0.557. The van der Waals surface area contributed by atoms with Crippen LogP contribution in [0.1, 0.15) is 24.5 Å². The molecule has 0 saturated carbocycles. The molecule has 0 aromatic heterocycles. The third-order valence-electron chi connectivity index (χ3n) is 3.25. The molecular formula is C14H15FN2O. The molecule has 1 unspecified atom stereocenters. The lowest BCUT2D eigenvalue weighted by atomic mass is 9.98. The number of ketones is 1. The van der Waals surface area contributed by atoms with Crippen LogP contribution < -0.4 is 0 Å². The van der Waals surface area contributed by atoms with Gasteiger partial charge in [-0.3, -0.25) is 9.69 Å². The number of nitrogens with zero attached hydrogens (tertiary/aromatic N) is 2. The highest BCUT2D eigenvalue weighted by Crippen LogP contribution is 2.17. The Labute approximate surface area is 106 Å². The normalized spacial score (nSPS) is 20.7. The molecule has 1 aliphatic heterocycles. The van der Waals surface area contributed by atoms with Gasteiger partial charge in [0.1, 0.15) is 11.6 Å². The summed E-state index contributed by atoms with van der Waals surface area (Å²) in [5.74, 6) is -0.0452. The van der Waals surface area contributed by atoms with Crippen molar-refractivity contribution in [2.45, 2.75) is 19.9 Å². The molecule has 4 heteroatoms. The molecule has 1 fully saturated rings. The maximum atomic E-state index is 13.3. The second-order valence-electron chi connectivity index (χ2n) is 4.81. The number of piperidine rings is 1. The van der Waals surface area contributed by atoms with Gasteiger partial charge in [0, 0.05) is 32.0 Å². The SMILES string of the molecule is CC1CN(Cc2cc(F)cc(C#N)c2)CCC1=O. The van der Waals surface area contributed by atoms with Crippen molar-refractivity contribution in [3.05, 3.63) is 35.1 Å². The van der Waals surface area contributed by atoms with E-state index in [1.807, 2.05) is 13.0 Å². The summed E-state index contributed by atoms with van der Waals surface area (Å²) in [4.78, 5) is 13.5. The second-order valence-corrected chi connectivity index (χ2v) is 4.81. The van der Waals surface area contributed by atoms with Crippen LogP contribution in [0.3, 0.4) is 0 Å². The number of carbonyl (C=O) groups excluding carboxylic acids is 1. The summed E-state index contributed by atoms with van der Waals surface area (Å²) < 4.78 is 13.3. The average molecular weight is 246 g/mol. The van der Waals surface area contributed by atoms with Crippen LogP contribution in [0.15, 0.2) is 18.2 Å². The number of carbonyl (C=O) groups is 1. The fourth-order valence-electron chi connectivity index (χ4n) is 2.30. The minimum Gasteiger partial charge on any atom is -0.299 e. The Morgan fingerprint density at radius 1 is 1.50 bits per heavy atom. The zero-order valence-corrected chi connectivity index (χ0v) is 10.3. The number of benzene rings is 1. The first-order valence-electron chi connectivity index (χ1n) is 6.03. The van der Waals surface area contributed by atoms with Gasteiger partial charge in [-0.1, -0.05) is 6.92 Å². The van der Waals surface area contributed by atoms with E-state index < -0.39 is 0 Å². The molecule has 1 aromatic carbocycles. The van der Waals surface area contributed by atoms with Gasteiger partial charge in [0.25, 0.3) is 0 Å². The summed E-state index contributed by atoms with van der Waals surface area (Å²) in [6.45, 7) is 3.92. The highest BCUT2D eigenvalue weighted by atomic mass is 19.1. The third-order valence-corrected chi connectivity index (χ3v) is 3.25. The first-order valence-corrected chi connectivity index (χ1v) is 6.03. The first-order chi connectivity index (χ1) is 8.58. The van der Waals surface area contributed by atoms with E-state index in [4.69, 9.17) is 5.26 Å². The third kappa shape index (κ3) is 2.93. The van der Waals surface area contributed by atoms with Gasteiger partial charge in [0.15, 0.2) is 0 Å². The molecule has 1 atom stereocenters. The van der Waals surface area contributed by atoms with Crippen LogP contribution in [-0.4, -0.2) is 23.8 Å². The molecule has 0 spiro atoms. The van der Waals surface area contributed by atoms with Crippen molar-refractivity contribution >= 4 is 5.78 Å². The van der Waals surface area contributed by atoms with Gasteiger partial charge in [0.2, 0.25) is 0 Å². The molecule has 1 saturated heterocycles. The smallest absolute Gasteiger partial charge is 0.138 e. The highest BCUT2D eigenvalue weighted by Gasteiger charge is 2.23. The fourth-order valence-corrected chi connectivity index (χ4v) is 2.30. The van der Waals surface area contributed by atoms with E-state index in [9.17, 15) is 9.18 Å². The lowest BCUT2D eigenvalue weighted by Gasteiger charge is -2.29. The molecule has 1 heterocycles. The van der Waals surface area contributed by atoms with Crippen LogP contribution in [0.2, 0.25) is 0 Å². The lowest BCUT2D eigenvalue weighted by Crippen LogP contribution is -2.39. The largest absolute Gasteiger partial charge is 0.299 e. The Morgan fingerprint density at radius 3 is 2.94 bits per heavy atom. The topological polar surface area (TPSA) is 44.1 Å². The minimum atomic E-state index is -0.384. The summed E-state index contributed by atoms with van der Waals surface area (Å²) in [7, 11) is 0. The molecule has 1 aromatic rings. The summed E-state index contributed by atoms with van der Waals surface area (Å²) in [6, 6.07) is 6.32. The molecule has 3 nitrogen and oxygen atoms in total. The Morgan fingerprint density at radius 2 is 2.28 bits per heavy atom. The van der Waals surface area contributed by atoms with Crippen LogP contribution in [0.4, 0.5) is 4.39 Å². The predicted octanol–water partition coefficient (Wildman–Crippen LogP) is 2.11. The van der Waals surface area contributed by atoms with Crippen molar-refractivity contribution in [1.29, 1.82) is 5.26 Å². The van der Waals surface area contributed by atoms with Gasteiger partial charge < -0.3 is 0 Å². The molecular weight excluding hydrogens is 231 g/mol. The van der Waals surface area contributed by atoms with E-state index in [0.29, 0.717) is 37.4 Å². The van der Waals surface area contributed by atoms with E-state index in [1.165, 1.54) is 12.1 Å². The quantitative estimate of drug-likeness (QED) is 0.802. The molecule has 2 rings (SSSR count). The Bertz CT molecular complexity index is 507. The molecule has 18 heavy (non-hydrogen) atoms. The van der Waals surface area contributed by atoms with E-state index in [2.05, 4.69) is 4.90 Å². The van der Waals surface area contributed by atoms with Gasteiger partial charge in [0.05, 0.1) is 11.6 Å². The van der Waals surface area contributed by atoms with Crippen LogP contribution in [0.5, 0.6) is 0 Å². The molecule has 94 valence electrons. The molecule has 0 amide bonds. The van der Waals surface area contributed by atoms with Crippen molar-refractivity contribution in [3.8, 4) is 6.07 Å². The van der Waals surface area contributed by atoms with Crippen molar-refractivity contribution in [2.75, 3.05) is 13.1 Å². The predicted molar refractivity (Wildman–Crippen MR) is 65.2 cm³/mol. The van der Waals surface area contributed by atoms with Gasteiger partial charge in [-0.25, -0.2) is 4.39 Å². The highest BCUT2D eigenvalue weighted by molar-refractivity contribution is 5.81. The maximum absolute atomic E-state index is 13.3. The average Bonchev–Trinajstić information content (AvgIpc) is 2.33. The van der Waals surface area contributed by atoms with E-state index in [1.54, 1.807) is 6.07 Å². The summed E-state index contributed by atoms with van der Waals surface area (Å²) in [5, 5.41) is 8.79. The van der Waals surface area contributed by atoms with Gasteiger partial charge in [-0.15, -0.1) is 0 Å². The number of nitriles is 1. The van der Waals surface area contributed by atoms with Crippen LogP contribution in [0, 0.1) is 23.1 Å². The van der Waals surface area contributed by atoms with E-state index in [-0.39, 0.29) is 11.7 Å². The molecule has 0 aliphatic carbocycles. The molecule has 0 radical (unpaired) electrons. The van der Waals surface area contributed by atoms with Crippen molar-refractivity contribution in [1.82, 2.24) is 4.90 Å². The number of halogens is 1. The molecule has 0 bridgehead atoms. The summed E-state index contributed by atoms with van der Waals surface area (Å²) >= 11 is 0. The molecule has 0 N–H and O–H groups in total. The first kappa shape index (κ1) is 12.7. The van der Waals surface area contributed by atoms with Gasteiger partial charge >= 0.3 is 0 Å². The second kappa shape index (κ2) is 5.28. The zero-order valence-electron chi connectivity index (χ0n) is 10.3. The van der Waals surface area contributed by atoms with Crippen LogP contribution in [-0.2, 0) is 11.3 Å². The van der Waals surface area contributed by atoms with Gasteiger partial charge in [-0.05, 0) is 23.8 Å². The van der Waals surface area contributed by atoms with Crippen LogP contribution >= 0.6 is 0 Å². The van der Waals surface area contributed by atoms with Gasteiger partial charge in [-0.2, -0.15) is 5.26 Å². The summed E-state index contributed by atoms with van der Waals surface area (Å²) in [5.41, 5.74) is 1.12. The Hall–Kier alpha value is -1.73. The minimum absolute atomic E-state index is 0.0442. The van der Waals surface area contributed by atoms with E-state index >= 15 is 0 Å². The Balaban J connectivity index is 2.08. The lowest BCUT2D eigenvalue weighted by molar-refractivity contribution is -0.125. The standard InChI is InChI=1S/C14H15FN2O/c1-10-8-17(3-2-14(10)18)9-12-4-11(7-16)5-13(15)6-12/h4-6,10H,2-3,8-9H2,1H3. The Kier molecular flexibility index (Phi) is 3.73. The number of Topliss-reactive ketones (excluding diaryl/α,β-unsaturated/α-hetero) is 1. The van der Waals surface area contributed by atoms with Crippen molar-refractivity contribution in [3.63, 3.8) is 0 Å².